The second kappa shape index (κ2) is 9.62. The van der Waals surface area contributed by atoms with Crippen molar-refractivity contribution < 1.29 is 33.3 Å². The van der Waals surface area contributed by atoms with Gasteiger partial charge in [0.05, 0.1) is 26.4 Å². The summed E-state index contributed by atoms with van der Waals surface area (Å²) in [5.74, 6) is -1.21. The third-order valence-electron chi connectivity index (χ3n) is 4.62. The lowest BCUT2D eigenvalue weighted by Gasteiger charge is -2.12. The molecule has 1 aromatic heterocycles. The van der Waals surface area contributed by atoms with Crippen LogP contribution >= 0.6 is 11.3 Å². The Labute approximate surface area is 178 Å². The molecule has 160 valence electrons. The summed E-state index contributed by atoms with van der Waals surface area (Å²) in [6.07, 6.45) is 2.61. The number of hydrogen-bond donors (Lipinski definition) is 1. The van der Waals surface area contributed by atoms with Gasteiger partial charge in [-0.3, -0.25) is 4.79 Å². The summed E-state index contributed by atoms with van der Waals surface area (Å²) in [7, 11) is 2.84. The maximum absolute atomic E-state index is 12.5. The number of methoxy groups -OCH3 is 2. The average Bonchev–Trinajstić information content (AvgIpc) is 3.32. The molecule has 1 aliphatic rings. The number of nitrogens with one attached hydrogen (secondary N) is 1. The van der Waals surface area contributed by atoms with Crippen LogP contribution in [-0.4, -0.2) is 45.3 Å². The minimum atomic E-state index is -0.751. The number of aryl methyl sites for hydroxylation is 1. The van der Waals surface area contributed by atoms with E-state index in [4.69, 9.17) is 18.9 Å². The fraction of sp³-hybridized carbons (Fsp3) is 0.381. The van der Waals surface area contributed by atoms with Gasteiger partial charge in [0.15, 0.2) is 6.61 Å². The molecule has 30 heavy (non-hydrogen) atoms. The van der Waals surface area contributed by atoms with Gasteiger partial charge in [-0.2, -0.15) is 0 Å². The van der Waals surface area contributed by atoms with Crippen molar-refractivity contribution in [2.75, 3.05) is 32.8 Å². The molecule has 0 radical (unpaired) electrons. The van der Waals surface area contributed by atoms with E-state index in [2.05, 4.69) is 5.32 Å². The quantitative estimate of drug-likeness (QED) is 0.638. The van der Waals surface area contributed by atoms with Crippen molar-refractivity contribution >= 4 is 34.2 Å². The number of anilines is 1. The molecule has 0 fully saturated rings. The van der Waals surface area contributed by atoms with Crippen LogP contribution in [0.3, 0.4) is 0 Å². The molecule has 3 rings (SSSR count). The van der Waals surface area contributed by atoms with E-state index in [0.717, 1.165) is 29.7 Å². The van der Waals surface area contributed by atoms with Crippen molar-refractivity contribution in [3.05, 3.63) is 39.8 Å². The van der Waals surface area contributed by atoms with Gasteiger partial charge < -0.3 is 24.3 Å². The van der Waals surface area contributed by atoms with Crippen LogP contribution < -0.4 is 14.8 Å². The molecule has 0 atom stereocenters. The predicted octanol–water partition coefficient (Wildman–Crippen LogP) is 3.23. The van der Waals surface area contributed by atoms with Gasteiger partial charge in [0, 0.05) is 4.88 Å². The van der Waals surface area contributed by atoms with Gasteiger partial charge in [-0.25, -0.2) is 9.59 Å². The minimum Gasteiger partial charge on any atom is -0.496 e. The average molecular weight is 433 g/mol. The van der Waals surface area contributed by atoms with Crippen molar-refractivity contribution in [3.8, 4) is 11.5 Å². The monoisotopic (exact) mass is 433 g/mol. The molecule has 0 aliphatic heterocycles. The fourth-order valence-corrected chi connectivity index (χ4v) is 4.62. The molecule has 1 amide bonds. The second-order valence-corrected chi connectivity index (χ2v) is 7.55. The maximum Gasteiger partial charge on any atom is 0.346 e. The summed E-state index contributed by atoms with van der Waals surface area (Å²) in [6.45, 7) is 1.45. The summed E-state index contributed by atoms with van der Waals surface area (Å²) in [5, 5.41) is 3.11. The van der Waals surface area contributed by atoms with E-state index < -0.39 is 24.5 Å². The van der Waals surface area contributed by atoms with Gasteiger partial charge >= 0.3 is 11.9 Å². The number of rotatable bonds is 8. The molecule has 0 unspecified atom stereocenters. The number of carbonyl (C=O) groups excluding carboxylic acids is 3. The molecule has 0 spiro atoms. The first-order chi connectivity index (χ1) is 14.5. The van der Waals surface area contributed by atoms with E-state index in [1.165, 1.54) is 25.6 Å². The molecular formula is C21H23NO7S. The van der Waals surface area contributed by atoms with Crippen LogP contribution in [0.2, 0.25) is 0 Å². The number of hydrogen-bond acceptors (Lipinski definition) is 8. The van der Waals surface area contributed by atoms with Gasteiger partial charge in [-0.05, 0) is 43.9 Å². The van der Waals surface area contributed by atoms with Crippen LogP contribution in [-0.2, 0) is 27.1 Å². The highest BCUT2D eigenvalue weighted by atomic mass is 32.1. The van der Waals surface area contributed by atoms with Crippen molar-refractivity contribution in [3.63, 3.8) is 0 Å². The summed E-state index contributed by atoms with van der Waals surface area (Å²) >= 11 is 1.36. The highest BCUT2D eigenvalue weighted by Gasteiger charge is 2.28. The summed E-state index contributed by atoms with van der Waals surface area (Å²) in [5.41, 5.74) is 1.43. The van der Waals surface area contributed by atoms with Gasteiger partial charge in [0.2, 0.25) is 0 Å². The lowest BCUT2D eigenvalue weighted by Crippen LogP contribution is -2.22. The van der Waals surface area contributed by atoms with Gasteiger partial charge in [0.25, 0.3) is 5.91 Å². The molecule has 0 bridgehead atoms. The van der Waals surface area contributed by atoms with Crippen LogP contribution in [0.4, 0.5) is 5.00 Å². The number of carbonyl (C=O) groups is 3. The number of thiophene rings is 1. The lowest BCUT2D eigenvalue weighted by atomic mass is 10.1. The van der Waals surface area contributed by atoms with E-state index in [9.17, 15) is 14.4 Å². The van der Waals surface area contributed by atoms with Crippen molar-refractivity contribution in [2.24, 2.45) is 0 Å². The number of ether oxygens (including phenoxy) is 4. The highest BCUT2D eigenvalue weighted by molar-refractivity contribution is 7.17. The van der Waals surface area contributed by atoms with Crippen LogP contribution in [0.15, 0.2) is 18.2 Å². The van der Waals surface area contributed by atoms with Crippen LogP contribution in [0.5, 0.6) is 11.5 Å². The number of fused-ring (bicyclic) bond motifs is 1. The third-order valence-corrected chi connectivity index (χ3v) is 5.83. The van der Waals surface area contributed by atoms with E-state index in [1.807, 2.05) is 0 Å². The van der Waals surface area contributed by atoms with Crippen molar-refractivity contribution in [1.29, 1.82) is 0 Å². The molecule has 9 heteroatoms. The Bertz CT molecular complexity index is 944. The van der Waals surface area contributed by atoms with Crippen LogP contribution in [0, 0.1) is 0 Å². The van der Waals surface area contributed by atoms with E-state index in [1.54, 1.807) is 25.1 Å². The fourth-order valence-electron chi connectivity index (χ4n) is 3.33. The summed E-state index contributed by atoms with van der Waals surface area (Å²) < 4.78 is 20.7. The van der Waals surface area contributed by atoms with Gasteiger partial charge in [0.1, 0.15) is 22.1 Å². The Morgan fingerprint density at radius 2 is 1.67 bits per heavy atom. The first-order valence-electron chi connectivity index (χ1n) is 9.49. The van der Waals surface area contributed by atoms with Gasteiger partial charge in [-0.15, -0.1) is 11.3 Å². The van der Waals surface area contributed by atoms with Gasteiger partial charge in [-0.1, -0.05) is 6.07 Å². The molecule has 1 aromatic carbocycles. The molecule has 8 nitrogen and oxygen atoms in total. The molecular weight excluding hydrogens is 410 g/mol. The normalized spacial score (nSPS) is 12.1. The standard InChI is InChI=1S/C21H23NO7S/c1-4-28-20(24)17-12-7-5-10-15(12)30-19(17)22-16(23)11-29-21(25)18-13(26-2)8-6-9-14(18)27-3/h6,8-9H,4-5,7,10-11H2,1-3H3,(H,22,23). The summed E-state index contributed by atoms with van der Waals surface area (Å²) in [6, 6.07) is 4.87. The smallest absolute Gasteiger partial charge is 0.346 e. The Morgan fingerprint density at radius 1 is 1.00 bits per heavy atom. The number of amides is 1. The zero-order valence-corrected chi connectivity index (χ0v) is 17.9. The van der Waals surface area contributed by atoms with E-state index in [0.29, 0.717) is 10.6 Å². The number of esters is 2. The Kier molecular flexibility index (Phi) is 6.94. The Hall–Kier alpha value is -3.07. The molecule has 1 N–H and O–H groups in total. The highest BCUT2D eigenvalue weighted by Crippen LogP contribution is 2.39. The molecule has 1 heterocycles. The molecule has 1 aliphatic carbocycles. The van der Waals surface area contributed by atoms with Crippen LogP contribution in [0.25, 0.3) is 0 Å². The third kappa shape index (κ3) is 4.40. The zero-order chi connectivity index (χ0) is 21.7. The second-order valence-electron chi connectivity index (χ2n) is 6.44. The largest absolute Gasteiger partial charge is 0.496 e. The first-order valence-corrected chi connectivity index (χ1v) is 10.3. The molecule has 0 saturated carbocycles. The SMILES string of the molecule is CCOC(=O)c1c(NC(=O)COC(=O)c2c(OC)cccc2OC)sc2c1CCC2. The minimum absolute atomic E-state index is 0.0950. The molecule has 2 aromatic rings. The maximum atomic E-state index is 12.5. The lowest BCUT2D eigenvalue weighted by molar-refractivity contribution is -0.119. The van der Waals surface area contributed by atoms with Crippen molar-refractivity contribution in [2.45, 2.75) is 26.2 Å². The van der Waals surface area contributed by atoms with Crippen molar-refractivity contribution in [1.82, 2.24) is 0 Å². The number of benzene rings is 1. The van der Waals surface area contributed by atoms with E-state index in [-0.39, 0.29) is 23.7 Å². The topological polar surface area (TPSA) is 100 Å². The Morgan fingerprint density at radius 3 is 2.30 bits per heavy atom. The molecule has 0 saturated heterocycles. The van der Waals surface area contributed by atoms with Crippen LogP contribution in [0.1, 0.15) is 44.5 Å². The zero-order valence-electron chi connectivity index (χ0n) is 17.0. The predicted molar refractivity (Wildman–Crippen MR) is 111 cm³/mol. The van der Waals surface area contributed by atoms with E-state index >= 15 is 0 Å². The first kappa shape index (κ1) is 21.6. The Balaban J connectivity index is 1.70. The summed E-state index contributed by atoms with van der Waals surface area (Å²) in [4.78, 5) is 38.4.